The molecule has 0 saturated carbocycles. The predicted octanol–water partition coefficient (Wildman–Crippen LogP) is 13.9. The SMILES string of the molecule is CC1(C)c2cc(C=Cc3ccc(N(c4ccccc4)c4ccccc4)cc3)ccc2-c2ccc3c4ccccc4n(-c4ccc5ccccc5c4)c3c21. The standard InChI is InChI=1S/C51H38N2/c1-51(2)47-33-36(22-21-35-23-27-41(28-24-35)52(39-15-5-3-6-16-39)40-17-7-4-8-18-40)25-30-43(47)45-31-32-46-44-19-11-12-20-48(44)53(50(46)49(45)51)42-29-26-37-13-9-10-14-38(37)34-42/h3-34H,1-2H3. The number of benzene rings is 8. The fourth-order valence-electron chi connectivity index (χ4n) is 8.58. The van der Waals surface area contributed by atoms with Crippen LogP contribution in [0.1, 0.15) is 36.1 Å². The normalized spacial score (nSPS) is 13.2. The number of hydrogen-bond acceptors (Lipinski definition) is 1. The van der Waals surface area contributed by atoms with Crippen molar-refractivity contribution < 1.29 is 0 Å². The topological polar surface area (TPSA) is 8.17 Å². The largest absolute Gasteiger partial charge is 0.311 e. The van der Waals surface area contributed by atoms with Gasteiger partial charge in [-0.25, -0.2) is 0 Å². The molecule has 252 valence electrons. The summed E-state index contributed by atoms with van der Waals surface area (Å²) in [4.78, 5) is 2.30. The molecule has 10 rings (SSSR count). The second-order valence-electron chi connectivity index (χ2n) is 14.6. The highest BCUT2D eigenvalue weighted by Gasteiger charge is 2.38. The molecule has 2 heteroatoms. The van der Waals surface area contributed by atoms with Crippen molar-refractivity contribution >= 4 is 61.8 Å². The van der Waals surface area contributed by atoms with Crippen molar-refractivity contribution in [3.05, 3.63) is 204 Å². The molecule has 0 spiro atoms. The molecule has 1 aliphatic carbocycles. The van der Waals surface area contributed by atoms with Crippen LogP contribution in [-0.4, -0.2) is 4.57 Å². The van der Waals surface area contributed by atoms with Crippen LogP contribution in [0.4, 0.5) is 17.1 Å². The van der Waals surface area contributed by atoms with Crippen molar-refractivity contribution in [2.75, 3.05) is 4.90 Å². The molecule has 53 heavy (non-hydrogen) atoms. The lowest BCUT2D eigenvalue weighted by atomic mass is 9.81. The zero-order valence-electron chi connectivity index (χ0n) is 29.9. The van der Waals surface area contributed by atoms with E-state index in [1.165, 1.54) is 71.6 Å². The zero-order valence-corrected chi connectivity index (χ0v) is 29.9. The molecule has 0 saturated heterocycles. The lowest BCUT2D eigenvalue weighted by Gasteiger charge is -2.25. The molecule has 0 fully saturated rings. The summed E-state index contributed by atoms with van der Waals surface area (Å²) in [6, 6.07) is 66.0. The number of fused-ring (bicyclic) bond motifs is 8. The Bertz CT molecular complexity index is 2800. The van der Waals surface area contributed by atoms with Gasteiger partial charge in [0.15, 0.2) is 0 Å². The van der Waals surface area contributed by atoms with E-state index in [4.69, 9.17) is 0 Å². The Morgan fingerprint density at radius 2 is 1.08 bits per heavy atom. The van der Waals surface area contributed by atoms with Crippen molar-refractivity contribution in [1.29, 1.82) is 0 Å². The first kappa shape index (κ1) is 31.1. The molecule has 0 atom stereocenters. The van der Waals surface area contributed by atoms with Crippen LogP contribution in [0.5, 0.6) is 0 Å². The number of rotatable bonds is 6. The van der Waals surface area contributed by atoms with Gasteiger partial charge in [0.05, 0.1) is 11.0 Å². The molecule has 2 nitrogen and oxygen atoms in total. The van der Waals surface area contributed by atoms with Gasteiger partial charge in [0.1, 0.15) is 0 Å². The van der Waals surface area contributed by atoms with Gasteiger partial charge in [-0.3, -0.25) is 0 Å². The Labute approximate surface area is 310 Å². The third-order valence-corrected chi connectivity index (χ3v) is 11.1. The Balaban J connectivity index is 1.02. The van der Waals surface area contributed by atoms with Crippen LogP contribution in [0.25, 0.3) is 61.5 Å². The summed E-state index contributed by atoms with van der Waals surface area (Å²) in [7, 11) is 0. The molecule has 0 N–H and O–H groups in total. The van der Waals surface area contributed by atoms with Gasteiger partial charge in [-0.2, -0.15) is 0 Å². The molecule has 0 aliphatic heterocycles. The fourth-order valence-corrected chi connectivity index (χ4v) is 8.58. The van der Waals surface area contributed by atoms with Crippen LogP contribution in [0.2, 0.25) is 0 Å². The first-order valence-electron chi connectivity index (χ1n) is 18.4. The maximum atomic E-state index is 2.50. The molecular formula is C51H38N2. The number of hydrogen-bond donors (Lipinski definition) is 0. The van der Waals surface area contributed by atoms with Gasteiger partial charge in [0.2, 0.25) is 0 Å². The summed E-state index contributed by atoms with van der Waals surface area (Å²) in [6.07, 6.45) is 4.48. The third kappa shape index (κ3) is 5.10. The maximum absolute atomic E-state index is 2.50. The summed E-state index contributed by atoms with van der Waals surface area (Å²) in [5, 5.41) is 5.10. The second kappa shape index (κ2) is 12.3. The van der Waals surface area contributed by atoms with Gasteiger partial charge in [0.25, 0.3) is 0 Å². The Morgan fingerprint density at radius 1 is 0.472 bits per heavy atom. The smallest absolute Gasteiger partial charge is 0.0588 e. The minimum atomic E-state index is -0.197. The lowest BCUT2D eigenvalue weighted by Crippen LogP contribution is -2.16. The molecule has 9 aromatic rings. The Morgan fingerprint density at radius 3 is 1.83 bits per heavy atom. The lowest BCUT2D eigenvalue weighted by molar-refractivity contribution is 0.663. The number of nitrogens with zero attached hydrogens (tertiary/aromatic N) is 2. The highest BCUT2D eigenvalue weighted by atomic mass is 15.1. The summed E-state index contributed by atoms with van der Waals surface area (Å²) < 4.78 is 2.50. The van der Waals surface area contributed by atoms with Crippen LogP contribution >= 0.6 is 0 Å². The highest BCUT2D eigenvalue weighted by Crippen LogP contribution is 2.53. The number of para-hydroxylation sites is 3. The average molecular weight is 679 g/mol. The molecule has 8 aromatic carbocycles. The molecule has 1 aliphatic rings. The average Bonchev–Trinajstić information content (AvgIpc) is 3.66. The van der Waals surface area contributed by atoms with E-state index >= 15 is 0 Å². The van der Waals surface area contributed by atoms with E-state index in [9.17, 15) is 0 Å². The first-order chi connectivity index (χ1) is 26.0. The Hall–Kier alpha value is -6.64. The summed E-state index contributed by atoms with van der Waals surface area (Å²) in [5.74, 6) is 0. The van der Waals surface area contributed by atoms with Crippen molar-refractivity contribution in [3.63, 3.8) is 0 Å². The van der Waals surface area contributed by atoms with E-state index < -0.39 is 0 Å². The molecule has 0 radical (unpaired) electrons. The van der Waals surface area contributed by atoms with Crippen molar-refractivity contribution in [2.45, 2.75) is 19.3 Å². The minimum Gasteiger partial charge on any atom is -0.311 e. The monoisotopic (exact) mass is 678 g/mol. The quantitative estimate of drug-likeness (QED) is 0.159. The van der Waals surface area contributed by atoms with Gasteiger partial charge in [-0.05, 0) is 98.8 Å². The van der Waals surface area contributed by atoms with Gasteiger partial charge in [-0.15, -0.1) is 0 Å². The van der Waals surface area contributed by atoms with Crippen molar-refractivity contribution in [1.82, 2.24) is 4.57 Å². The Kier molecular flexibility index (Phi) is 7.19. The van der Waals surface area contributed by atoms with Gasteiger partial charge in [0, 0.05) is 38.9 Å². The van der Waals surface area contributed by atoms with E-state index in [0.29, 0.717) is 0 Å². The molecule has 0 bridgehead atoms. The fraction of sp³-hybridized carbons (Fsp3) is 0.0588. The summed E-state index contributed by atoms with van der Waals surface area (Å²) in [6.45, 7) is 4.80. The van der Waals surface area contributed by atoms with E-state index in [2.05, 4.69) is 217 Å². The van der Waals surface area contributed by atoms with Crippen LogP contribution in [0.15, 0.2) is 182 Å². The molecule has 0 amide bonds. The molecule has 0 unspecified atom stereocenters. The van der Waals surface area contributed by atoms with Crippen LogP contribution < -0.4 is 4.90 Å². The maximum Gasteiger partial charge on any atom is 0.0588 e. The van der Waals surface area contributed by atoms with E-state index in [0.717, 1.165) is 17.1 Å². The molecule has 1 heterocycles. The predicted molar refractivity (Wildman–Crippen MR) is 226 cm³/mol. The van der Waals surface area contributed by atoms with Crippen LogP contribution in [0, 0.1) is 0 Å². The first-order valence-corrected chi connectivity index (χ1v) is 18.4. The molecule has 1 aromatic heterocycles. The van der Waals surface area contributed by atoms with E-state index in [1.807, 2.05) is 0 Å². The minimum absolute atomic E-state index is 0.197. The second-order valence-corrected chi connectivity index (χ2v) is 14.6. The number of aromatic nitrogens is 1. The van der Waals surface area contributed by atoms with Gasteiger partial charge in [-0.1, -0.05) is 153 Å². The summed E-state index contributed by atoms with van der Waals surface area (Å²) >= 11 is 0. The van der Waals surface area contributed by atoms with E-state index in [1.54, 1.807) is 0 Å². The van der Waals surface area contributed by atoms with Crippen molar-refractivity contribution in [3.8, 4) is 16.8 Å². The third-order valence-electron chi connectivity index (χ3n) is 11.1. The summed E-state index contributed by atoms with van der Waals surface area (Å²) in [5.41, 5.74) is 14.7. The van der Waals surface area contributed by atoms with Crippen LogP contribution in [-0.2, 0) is 5.41 Å². The molecular weight excluding hydrogens is 641 g/mol. The van der Waals surface area contributed by atoms with E-state index in [-0.39, 0.29) is 5.41 Å². The highest BCUT2D eigenvalue weighted by molar-refractivity contribution is 6.13. The zero-order chi connectivity index (χ0) is 35.5. The van der Waals surface area contributed by atoms with Gasteiger partial charge < -0.3 is 9.47 Å². The van der Waals surface area contributed by atoms with Crippen LogP contribution in [0.3, 0.4) is 0 Å². The van der Waals surface area contributed by atoms with Gasteiger partial charge >= 0.3 is 0 Å². The number of anilines is 3. The van der Waals surface area contributed by atoms with Crippen molar-refractivity contribution in [2.24, 2.45) is 0 Å².